The number of halogens is 3. The topological polar surface area (TPSA) is 57.7 Å². The molecule has 0 aromatic heterocycles. The van der Waals surface area contributed by atoms with Gasteiger partial charge in [0.25, 0.3) is 15.7 Å². The van der Waals surface area contributed by atoms with Crippen LogP contribution in [0.25, 0.3) is 0 Å². The van der Waals surface area contributed by atoms with Gasteiger partial charge in [-0.3, -0.25) is 9.69 Å². The fourth-order valence-electron chi connectivity index (χ4n) is 4.16. The highest BCUT2D eigenvalue weighted by atomic mass is 32.2. The van der Waals surface area contributed by atoms with E-state index in [2.05, 4.69) is 29.2 Å². The highest BCUT2D eigenvalue weighted by Crippen LogP contribution is 2.31. The Morgan fingerprint density at radius 2 is 1.21 bits per heavy atom. The van der Waals surface area contributed by atoms with Crippen LogP contribution in [0.3, 0.4) is 0 Å². The summed E-state index contributed by atoms with van der Waals surface area (Å²) in [6, 6.07) is 24.2. The van der Waals surface area contributed by atoms with Crippen LogP contribution in [0.1, 0.15) is 27.5 Å². The lowest BCUT2D eigenvalue weighted by atomic mass is 9.96. The number of hydrogen-bond acceptors (Lipinski definition) is 4. The van der Waals surface area contributed by atoms with E-state index in [4.69, 9.17) is 0 Å². The van der Waals surface area contributed by atoms with E-state index in [9.17, 15) is 26.4 Å². The lowest BCUT2D eigenvalue weighted by Gasteiger charge is -2.39. The summed E-state index contributed by atoms with van der Waals surface area (Å²) in [6.45, 7) is 2.11. The minimum atomic E-state index is -5.44. The molecule has 1 saturated heterocycles. The first-order valence-electron chi connectivity index (χ1n) is 10.7. The molecule has 0 bridgehead atoms. The van der Waals surface area contributed by atoms with Crippen molar-refractivity contribution in [2.75, 3.05) is 26.2 Å². The van der Waals surface area contributed by atoms with Gasteiger partial charge in [0.1, 0.15) is 0 Å². The maximum absolute atomic E-state index is 12.9. The van der Waals surface area contributed by atoms with Crippen molar-refractivity contribution in [3.8, 4) is 0 Å². The molecule has 0 radical (unpaired) electrons. The third-order valence-electron chi connectivity index (χ3n) is 5.91. The van der Waals surface area contributed by atoms with E-state index in [1.54, 1.807) is 4.90 Å². The lowest BCUT2D eigenvalue weighted by Crippen LogP contribution is -2.49. The average molecular weight is 489 g/mol. The van der Waals surface area contributed by atoms with Gasteiger partial charge in [-0.15, -0.1) is 0 Å². The summed E-state index contributed by atoms with van der Waals surface area (Å²) in [6.07, 6.45) is 0. The quantitative estimate of drug-likeness (QED) is 0.530. The number of piperazine rings is 1. The van der Waals surface area contributed by atoms with Gasteiger partial charge in [-0.05, 0) is 35.4 Å². The van der Waals surface area contributed by atoms with Crippen LogP contribution in [0.4, 0.5) is 13.2 Å². The molecule has 1 amide bonds. The number of carbonyl (C=O) groups excluding carboxylic acids is 1. The number of nitrogens with zero attached hydrogens (tertiary/aromatic N) is 2. The lowest BCUT2D eigenvalue weighted by molar-refractivity contribution is -0.0436. The van der Waals surface area contributed by atoms with Crippen LogP contribution >= 0.6 is 0 Å². The molecular weight excluding hydrogens is 465 g/mol. The zero-order chi connectivity index (χ0) is 24.3. The van der Waals surface area contributed by atoms with Gasteiger partial charge in [-0.1, -0.05) is 60.7 Å². The second-order valence-electron chi connectivity index (χ2n) is 8.03. The third kappa shape index (κ3) is 4.85. The Labute approximate surface area is 196 Å². The third-order valence-corrected chi connectivity index (χ3v) is 7.42. The van der Waals surface area contributed by atoms with E-state index in [-0.39, 0.29) is 17.5 Å². The van der Waals surface area contributed by atoms with Gasteiger partial charge in [-0.25, -0.2) is 8.42 Å². The van der Waals surface area contributed by atoms with Crippen LogP contribution < -0.4 is 0 Å². The molecule has 9 heteroatoms. The number of hydrogen-bond donors (Lipinski definition) is 0. The van der Waals surface area contributed by atoms with Crippen molar-refractivity contribution in [1.82, 2.24) is 9.80 Å². The van der Waals surface area contributed by atoms with Gasteiger partial charge < -0.3 is 4.90 Å². The van der Waals surface area contributed by atoms with Gasteiger partial charge in [0.15, 0.2) is 0 Å². The molecule has 0 spiro atoms. The molecule has 0 aliphatic carbocycles. The molecule has 5 nitrogen and oxygen atoms in total. The molecule has 178 valence electrons. The first kappa shape index (κ1) is 24.0. The summed E-state index contributed by atoms with van der Waals surface area (Å²) < 4.78 is 61.3. The smallest absolute Gasteiger partial charge is 0.336 e. The fraction of sp³-hybridized carbons (Fsp3) is 0.240. The molecule has 0 N–H and O–H groups in total. The van der Waals surface area contributed by atoms with Crippen LogP contribution in [-0.4, -0.2) is 55.8 Å². The van der Waals surface area contributed by atoms with Crippen LogP contribution in [0.15, 0.2) is 89.8 Å². The second kappa shape index (κ2) is 9.60. The SMILES string of the molecule is O=C(c1ccc(S(=O)(=O)C(F)(F)F)cc1)N1CCN(C(c2ccccc2)c2ccccc2)CC1. The molecule has 0 unspecified atom stereocenters. The molecule has 1 heterocycles. The van der Waals surface area contributed by atoms with Gasteiger partial charge >= 0.3 is 5.51 Å². The van der Waals surface area contributed by atoms with Crippen molar-refractivity contribution in [2.45, 2.75) is 16.4 Å². The van der Waals surface area contributed by atoms with Crippen molar-refractivity contribution >= 4 is 15.7 Å². The van der Waals surface area contributed by atoms with Crippen molar-refractivity contribution in [3.05, 3.63) is 102 Å². The Balaban J connectivity index is 1.47. The molecule has 0 saturated carbocycles. The Morgan fingerprint density at radius 3 is 1.65 bits per heavy atom. The van der Waals surface area contributed by atoms with Crippen molar-refractivity contribution in [3.63, 3.8) is 0 Å². The van der Waals surface area contributed by atoms with Crippen LogP contribution in [0, 0.1) is 0 Å². The molecule has 1 aliphatic rings. The number of amides is 1. The number of carbonyl (C=O) groups is 1. The highest BCUT2D eigenvalue weighted by Gasteiger charge is 2.46. The first-order valence-corrected chi connectivity index (χ1v) is 12.2. The largest absolute Gasteiger partial charge is 0.501 e. The van der Waals surface area contributed by atoms with Crippen LogP contribution in [0.5, 0.6) is 0 Å². The number of sulfone groups is 1. The first-order chi connectivity index (χ1) is 16.2. The predicted octanol–water partition coefficient (Wildman–Crippen LogP) is 4.53. The molecule has 3 aromatic carbocycles. The number of alkyl halides is 3. The summed E-state index contributed by atoms with van der Waals surface area (Å²) in [4.78, 5) is 16.0. The fourth-order valence-corrected chi connectivity index (χ4v) is 4.92. The number of benzene rings is 3. The van der Waals surface area contributed by atoms with E-state index >= 15 is 0 Å². The molecule has 1 aliphatic heterocycles. The molecule has 0 atom stereocenters. The zero-order valence-electron chi connectivity index (χ0n) is 18.1. The molecule has 1 fully saturated rings. The minimum Gasteiger partial charge on any atom is -0.336 e. The van der Waals surface area contributed by atoms with E-state index in [1.165, 1.54) is 0 Å². The summed E-state index contributed by atoms with van der Waals surface area (Å²) in [5, 5.41) is 0. The van der Waals surface area contributed by atoms with Gasteiger partial charge in [0, 0.05) is 31.7 Å². The van der Waals surface area contributed by atoms with Gasteiger partial charge in [0.2, 0.25) is 0 Å². The highest BCUT2D eigenvalue weighted by molar-refractivity contribution is 7.92. The normalized spacial score (nSPS) is 15.5. The van der Waals surface area contributed by atoms with Gasteiger partial charge in [0.05, 0.1) is 10.9 Å². The minimum absolute atomic E-state index is 0.0338. The summed E-state index contributed by atoms with van der Waals surface area (Å²) in [5.41, 5.74) is -2.94. The molecule has 3 aromatic rings. The van der Waals surface area contributed by atoms with E-state index in [0.717, 1.165) is 35.4 Å². The maximum Gasteiger partial charge on any atom is 0.501 e. The maximum atomic E-state index is 12.9. The Morgan fingerprint density at radius 1 is 0.735 bits per heavy atom. The van der Waals surface area contributed by atoms with E-state index < -0.39 is 20.2 Å². The summed E-state index contributed by atoms with van der Waals surface area (Å²) in [5.74, 6) is -0.341. The number of rotatable bonds is 5. The summed E-state index contributed by atoms with van der Waals surface area (Å²) in [7, 11) is -5.44. The van der Waals surface area contributed by atoms with Gasteiger partial charge in [-0.2, -0.15) is 13.2 Å². The Hall–Kier alpha value is -3.17. The Kier molecular flexibility index (Phi) is 6.77. The van der Waals surface area contributed by atoms with Crippen LogP contribution in [-0.2, 0) is 9.84 Å². The molecular formula is C25H23F3N2O3S. The molecule has 4 rings (SSSR count). The van der Waals surface area contributed by atoms with Crippen molar-refractivity contribution < 1.29 is 26.4 Å². The second-order valence-corrected chi connectivity index (χ2v) is 9.97. The van der Waals surface area contributed by atoms with Crippen LogP contribution in [0.2, 0.25) is 0 Å². The van der Waals surface area contributed by atoms with Crippen molar-refractivity contribution in [2.24, 2.45) is 0 Å². The standard InChI is InChI=1S/C25H23F3N2O3S/c26-25(27,28)34(32,33)22-13-11-21(12-14-22)24(31)30-17-15-29(16-18-30)23(19-7-3-1-4-8-19)20-9-5-2-6-10-20/h1-14,23H,15-18H2. The molecule has 34 heavy (non-hydrogen) atoms. The van der Waals surface area contributed by atoms with E-state index in [0.29, 0.717) is 26.2 Å². The zero-order valence-corrected chi connectivity index (χ0v) is 19.0. The van der Waals surface area contributed by atoms with Crippen molar-refractivity contribution in [1.29, 1.82) is 0 Å². The monoisotopic (exact) mass is 488 g/mol. The average Bonchev–Trinajstić information content (AvgIpc) is 2.85. The van der Waals surface area contributed by atoms with E-state index in [1.807, 2.05) is 36.4 Å². The predicted molar refractivity (Wildman–Crippen MR) is 122 cm³/mol. The Bertz CT molecular complexity index is 1180. The summed E-state index contributed by atoms with van der Waals surface area (Å²) >= 11 is 0.